The highest BCUT2D eigenvalue weighted by molar-refractivity contribution is 7.13. The number of aromatic nitrogens is 5. The highest BCUT2D eigenvalue weighted by Crippen LogP contribution is 2.34. The molecule has 5 aromatic rings. The number of thiazole rings is 1. The van der Waals surface area contributed by atoms with Crippen molar-refractivity contribution in [2.75, 3.05) is 42.9 Å². The number of rotatable bonds is 11. The second-order valence-corrected chi connectivity index (χ2v) is 19.5. The molecule has 3 N–H and O–H groups in total. The average molecular weight is 902 g/mol. The number of likely N-dealkylation sites (tertiary alicyclic amines) is 1. The number of aryl methyl sites for hydroxylation is 1. The molecule has 0 saturated carbocycles. The van der Waals surface area contributed by atoms with Crippen molar-refractivity contribution in [2.24, 2.45) is 5.92 Å². The maximum Gasteiger partial charge on any atom is 0.263 e. The van der Waals surface area contributed by atoms with E-state index in [4.69, 9.17) is 5.10 Å². The zero-order valence-electron chi connectivity index (χ0n) is 36.9. The first-order valence-electron chi connectivity index (χ1n) is 22.2. The minimum Gasteiger partial charge on any atom is -0.371 e. The number of hydrogen-bond donors (Lipinski definition) is 3. The van der Waals surface area contributed by atoms with E-state index in [9.17, 15) is 24.0 Å². The van der Waals surface area contributed by atoms with Gasteiger partial charge in [-0.2, -0.15) is 5.10 Å². The Labute approximate surface area is 380 Å². The van der Waals surface area contributed by atoms with E-state index in [0.29, 0.717) is 34.3 Å². The third-order valence-electron chi connectivity index (χ3n) is 12.9. The van der Waals surface area contributed by atoms with Gasteiger partial charge in [-0.15, -0.1) is 11.3 Å². The third-order valence-corrected chi connectivity index (χ3v) is 14.3. The second kappa shape index (κ2) is 17.9. The standard InChI is InChI=1S/C47H52FN11O5S/c1-27-21-29(5-6-30(27)23-49-42(62)37-25-50-45(65-37)47(2,3)4)40-35(48)24-51-46(54-40)52-38-15-20-58(55-38)31-13-16-56(17-14-31)26-28-11-18-57(19-12-28)32-7-8-33-34(22-32)44(64)59(43(33)63)36-9-10-39(60)53-41(36)61/h5-8,15,20-22,24-25,28,31,36H,9-14,16-19,23,26H2,1-4H3,(H,49,62)(H,53,60,61)(H,51,52,54,55). The number of carbonyl (C=O) groups excluding carboxylic acids is 5. The Balaban J connectivity index is 0.737. The summed E-state index contributed by atoms with van der Waals surface area (Å²) in [5, 5.41) is 14.1. The van der Waals surface area contributed by atoms with Crippen molar-refractivity contribution in [1.29, 1.82) is 0 Å². The lowest BCUT2D eigenvalue weighted by molar-refractivity contribution is -0.136. The monoisotopic (exact) mass is 901 g/mol. The Bertz CT molecular complexity index is 2680. The van der Waals surface area contributed by atoms with E-state index in [2.05, 4.69) is 61.5 Å². The van der Waals surface area contributed by atoms with Crippen molar-refractivity contribution in [2.45, 2.75) is 90.3 Å². The van der Waals surface area contributed by atoms with Crippen molar-refractivity contribution in [3.8, 4) is 11.3 Å². The van der Waals surface area contributed by atoms with Crippen molar-refractivity contribution >= 4 is 58.3 Å². The molecular formula is C47H52FN11O5S. The number of fused-ring (bicyclic) bond motifs is 1. The van der Waals surface area contributed by atoms with Crippen LogP contribution in [0, 0.1) is 18.7 Å². The number of nitrogens with zero attached hydrogens (tertiary/aromatic N) is 8. The minimum atomic E-state index is -0.981. The lowest BCUT2D eigenvalue weighted by Crippen LogP contribution is -2.54. The number of amides is 5. The molecule has 16 nitrogen and oxygen atoms in total. The Hall–Kier alpha value is -6.40. The Kier molecular flexibility index (Phi) is 12.1. The summed E-state index contributed by atoms with van der Waals surface area (Å²) in [6.45, 7) is 13.0. The summed E-state index contributed by atoms with van der Waals surface area (Å²) in [6, 6.07) is 12.0. The number of piperidine rings is 3. The zero-order chi connectivity index (χ0) is 45.6. The van der Waals surface area contributed by atoms with Crippen LogP contribution in [0.1, 0.15) is 112 Å². The molecule has 0 bridgehead atoms. The molecule has 1 unspecified atom stereocenters. The summed E-state index contributed by atoms with van der Waals surface area (Å²) in [5.41, 5.74) is 3.90. The first kappa shape index (κ1) is 43.8. The Morgan fingerprint density at radius 2 is 1.68 bits per heavy atom. The van der Waals surface area contributed by atoms with Crippen LogP contribution in [-0.4, -0.2) is 103 Å². The van der Waals surface area contributed by atoms with E-state index < -0.39 is 35.5 Å². The second-order valence-electron chi connectivity index (χ2n) is 18.4. The molecule has 7 heterocycles. The van der Waals surface area contributed by atoms with Gasteiger partial charge in [0.25, 0.3) is 17.7 Å². The molecule has 3 saturated heterocycles. The molecule has 2 aromatic carbocycles. The van der Waals surface area contributed by atoms with Gasteiger partial charge in [-0.3, -0.25) is 38.9 Å². The molecule has 338 valence electrons. The van der Waals surface area contributed by atoms with Gasteiger partial charge in [0.15, 0.2) is 11.6 Å². The normalized spacial score (nSPS) is 18.9. The van der Waals surface area contributed by atoms with Crippen LogP contribution < -0.4 is 20.9 Å². The maximum atomic E-state index is 15.1. The van der Waals surface area contributed by atoms with Crippen LogP contribution in [0.5, 0.6) is 0 Å². The van der Waals surface area contributed by atoms with Crippen molar-refractivity contribution < 1.29 is 28.4 Å². The molecule has 65 heavy (non-hydrogen) atoms. The fourth-order valence-corrected chi connectivity index (χ4v) is 10.0. The number of anilines is 3. The number of nitrogens with one attached hydrogen (secondary N) is 3. The molecule has 9 rings (SSSR count). The van der Waals surface area contributed by atoms with Crippen molar-refractivity contribution in [1.82, 2.24) is 45.2 Å². The van der Waals surface area contributed by atoms with Crippen LogP contribution in [-0.2, 0) is 21.5 Å². The molecule has 0 spiro atoms. The number of carbonyl (C=O) groups is 5. The van der Waals surface area contributed by atoms with E-state index in [1.807, 2.05) is 42.1 Å². The minimum absolute atomic E-state index is 0.0854. The predicted molar refractivity (Wildman–Crippen MR) is 242 cm³/mol. The summed E-state index contributed by atoms with van der Waals surface area (Å²) in [7, 11) is 0. The van der Waals surface area contributed by atoms with Gasteiger partial charge >= 0.3 is 0 Å². The van der Waals surface area contributed by atoms with Crippen LogP contribution >= 0.6 is 11.3 Å². The van der Waals surface area contributed by atoms with Crippen LogP contribution in [0.25, 0.3) is 11.3 Å². The van der Waals surface area contributed by atoms with Crippen LogP contribution in [0.4, 0.5) is 21.8 Å². The fourth-order valence-electron chi connectivity index (χ4n) is 9.14. The quantitative estimate of drug-likeness (QED) is 0.128. The molecule has 1 atom stereocenters. The van der Waals surface area contributed by atoms with Gasteiger partial charge in [0.2, 0.25) is 17.8 Å². The van der Waals surface area contributed by atoms with E-state index in [1.165, 1.54) is 11.3 Å². The molecule has 4 aliphatic rings. The fraction of sp³-hybridized carbons (Fsp3) is 0.426. The molecular weight excluding hydrogens is 850 g/mol. The maximum absolute atomic E-state index is 15.1. The molecule has 4 aliphatic heterocycles. The number of imide groups is 2. The van der Waals surface area contributed by atoms with Crippen molar-refractivity contribution in [3.05, 3.63) is 99.0 Å². The van der Waals surface area contributed by atoms with Gasteiger partial charge in [-0.1, -0.05) is 32.9 Å². The topological polar surface area (TPSA) is 188 Å². The average Bonchev–Trinajstić information content (AvgIpc) is 4.04. The van der Waals surface area contributed by atoms with Crippen molar-refractivity contribution in [3.63, 3.8) is 0 Å². The van der Waals surface area contributed by atoms with Gasteiger partial charge < -0.3 is 20.4 Å². The SMILES string of the molecule is Cc1cc(-c2nc(Nc3ccn(C4CCN(CC5CCN(c6ccc7c(c6)C(=O)N(C6CCC(=O)NC6=O)C7=O)CC5)CC4)n3)ncc2F)ccc1CNC(=O)c1cnc(C(C)(C)C)s1. The smallest absolute Gasteiger partial charge is 0.263 e. The van der Waals surface area contributed by atoms with E-state index in [0.717, 1.165) is 91.3 Å². The zero-order valence-corrected chi connectivity index (χ0v) is 37.7. The predicted octanol–water partition coefficient (Wildman–Crippen LogP) is 6.17. The van der Waals surface area contributed by atoms with Crippen LogP contribution in [0.15, 0.2) is 61.1 Å². The summed E-state index contributed by atoms with van der Waals surface area (Å²) < 4.78 is 17.1. The first-order chi connectivity index (χ1) is 31.2. The number of hydrogen-bond acceptors (Lipinski definition) is 13. The molecule has 3 aromatic heterocycles. The van der Waals surface area contributed by atoms with Crippen LogP contribution in [0.2, 0.25) is 0 Å². The largest absolute Gasteiger partial charge is 0.371 e. The Morgan fingerprint density at radius 3 is 2.40 bits per heavy atom. The molecule has 3 fully saturated rings. The Morgan fingerprint density at radius 1 is 0.908 bits per heavy atom. The lowest BCUT2D eigenvalue weighted by Gasteiger charge is -2.38. The number of benzene rings is 2. The molecule has 5 amide bonds. The van der Waals surface area contributed by atoms with Gasteiger partial charge in [-0.05, 0) is 80.3 Å². The van der Waals surface area contributed by atoms with Gasteiger partial charge in [0.1, 0.15) is 16.6 Å². The summed E-state index contributed by atoms with van der Waals surface area (Å²) in [5.74, 6) is -1.38. The highest BCUT2D eigenvalue weighted by atomic mass is 32.1. The highest BCUT2D eigenvalue weighted by Gasteiger charge is 2.45. The van der Waals surface area contributed by atoms with E-state index >= 15 is 4.39 Å². The molecule has 0 radical (unpaired) electrons. The van der Waals surface area contributed by atoms with E-state index in [1.54, 1.807) is 24.4 Å². The van der Waals surface area contributed by atoms with E-state index in [-0.39, 0.29) is 47.4 Å². The van der Waals surface area contributed by atoms with Gasteiger partial charge in [0.05, 0.1) is 34.6 Å². The first-order valence-corrected chi connectivity index (χ1v) is 23.0. The van der Waals surface area contributed by atoms with Gasteiger partial charge in [0, 0.05) is 74.6 Å². The summed E-state index contributed by atoms with van der Waals surface area (Å²) in [6.07, 6.45) is 8.86. The third kappa shape index (κ3) is 9.27. The van der Waals surface area contributed by atoms with Crippen LogP contribution in [0.3, 0.4) is 0 Å². The molecule has 0 aliphatic carbocycles. The molecule has 18 heteroatoms. The summed E-state index contributed by atoms with van der Waals surface area (Å²) >= 11 is 1.39. The lowest BCUT2D eigenvalue weighted by atomic mass is 9.94. The summed E-state index contributed by atoms with van der Waals surface area (Å²) in [4.78, 5) is 82.9. The van der Waals surface area contributed by atoms with Gasteiger partial charge in [-0.25, -0.2) is 19.3 Å². The number of halogens is 1.